The van der Waals surface area contributed by atoms with E-state index in [2.05, 4.69) is 16.7 Å². The number of aromatic nitrogens is 3. The molecule has 3 aromatic rings. The molecule has 1 N–H and O–H groups in total. The second kappa shape index (κ2) is 8.49. The molecule has 0 spiro atoms. The normalized spacial score (nSPS) is 14.0. The third-order valence-electron chi connectivity index (χ3n) is 6.10. The molecule has 2 heterocycles. The number of hydrogen-bond acceptors (Lipinski definition) is 3. The molecule has 0 amide bonds. The summed E-state index contributed by atoms with van der Waals surface area (Å²) in [5.41, 5.74) is 1.96. The summed E-state index contributed by atoms with van der Waals surface area (Å²) in [5, 5.41) is 12.2. The first kappa shape index (κ1) is 21.0. The molecular formula is C24H29N3O4. The third-order valence-corrected chi connectivity index (χ3v) is 6.10. The topological polar surface area (TPSA) is 78.4 Å². The zero-order valence-electron chi connectivity index (χ0n) is 18.3. The van der Waals surface area contributed by atoms with E-state index in [1.807, 2.05) is 38.4 Å². The van der Waals surface area contributed by atoms with Gasteiger partial charge in [0.2, 0.25) is 0 Å². The van der Waals surface area contributed by atoms with Gasteiger partial charge < -0.3 is 14.4 Å². The number of aliphatic carboxylic acids is 1. The summed E-state index contributed by atoms with van der Waals surface area (Å²) in [6, 6.07) is 5.60. The Bertz CT molecular complexity index is 1310. The molecule has 1 unspecified atom stereocenters. The van der Waals surface area contributed by atoms with Crippen LogP contribution in [0, 0.1) is 0 Å². The highest BCUT2D eigenvalue weighted by atomic mass is 16.5. The van der Waals surface area contributed by atoms with E-state index in [0.717, 1.165) is 52.2 Å². The fraction of sp³-hybridized carbons (Fsp3) is 0.417. The minimum atomic E-state index is -0.882. The highest BCUT2D eigenvalue weighted by Gasteiger charge is 2.22. The van der Waals surface area contributed by atoms with E-state index in [9.17, 15) is 14.7 Å². The van der Waals surface area contributed by atoms with Crippen LogP contribution in [0.25, 0.3) is 23.1 Å². The number of carbonyl (C=O) groups is 1. The van der Waals surface area contributed by atoms with Crippen molar-refractivity contribution in [2.45, 2.75) is 51.6 Å². The number of ether oxygens (including phenoxy) is 1. The number of hydrogen-bond donors (Lipinski definition) is 1. The Morgan fingerprint density at radius 2 is 1.97 bits per heavy atom. The first-order valence-corrected chi connectivity index (χ1v) is 10.8. The van der Waals surface area contributed by atoms with Gasteiger partial charge in [0, 0.05) is 30.2 Å². The molecule has 0 bridgehead atoms. The van der Waals surface area contributed by atoms with Crippen LogP contribution in [0.15, 0.2) is 29.2 Å². The molecule has 164 valence electrons. The van der Waals surface area contributed by atoms with Gasteiger partial charge >= 0.3 is 11.7 Å². The van der Waals surface area contributed by atoms with E-state index in [1.165, 1.54) is 0 Å². The number of nitrogens with zero attached hydrogens (tertiary/aromatic N) is 3. The molecule has 4 rings (SSSR count). The number of fused-ring (bicyclic) bond motifs is 2. The van der Waals surface area contributed by atoms with Gasteiger partial charge in [0.1, 0.15) is 5.75 Å². The van der Waals surface area contributed by atoms with Crippen LogP contribution in [-0.2, 0) is 18.4 Å². The molecule has 1 atom stereocenters. The van der Waals surface area contributed by atoms with E-state index < -0.39 is 5.97 Å². The minimum Gasteiger partial charge on any atom is -0.497 e. The fourth-order valence-corrected chi connectivity index (χ4v) is 4.69. The van der Waals surface area contributed by atoms with Crippen LogP contribution in [0.3, 0.4) is 0 Å². The van der Waals surface area contributed by atoms with Crippen molar-refractivity contribution in [3.8, 4) is 5.75 Å². The van der Waals surface area contributed by atoms with Crippen molar-refractivity contribution in [3.63, 3.8) is 0 Å². The SMILES string of the molecule is CCCC(CC(=O)O)n1c2c(n(Cc3cn(C)c4ccc(OC)cc34)c1=O)=CCCC=2. The summed E-state index contributed by atoms with van der Waals surface area (Å²) >= 11 is 0. The van der Waals surface area contributed by atoms with E-state index in [0.29, 0.717) is 13.0 Å². The van der Waals surface area contributed by atoms with E-state index in [1.54, 1.807) is 16.2 Å². The van der Waals surface area contributed by atoms with Crippen molar-refractivity contribution >= 4 is 29.0 Å². The predicted molar refractivity (Wildman–Crippen MR) is 121 cm³/mol. The molecule has 31 heavy (non-hydrogen) atoms. The Morgan fingerprint density at radius 3 is 2.65 bits per heavy atom. The van der Waals surface area contributed by atoms with Gasteiger partial charge in [-0.2, -0.15) is 0 Å². The van der Waals surface area contributed by atoms with Gasteiger partial charge in [0.05, 0.1) is 30.8 Å². The second-order valence-corrected chi connectivity index (χ2v) is 8.18. The number of imidazole rings is 1. The fourth-order valence-electron chi connectivity index (χ4n) is 4.69. The van der Waals surface area contributed by atoms with Crippen molar-refractivity contribution in [1.29, 1.82) is 0 Å². The van der Waals surface area contributed by atoms with Crippen molar-refractivity contribution in [1.82, 2.24) is 13.7 Å². The van der Waals surface area contributed by atoms with Gasteiger partial charge in [-0.25, -0.2) is 4.79 Å². The highest BCUT2D eigenvalue weighted by Crippen LogP contribution is 2.26. The first-order valence-electron chi connectivity index (χ1n) is 10.8. The van der Waals surface area contributed by atoms with Crippen LogP contribution in [-0.4, -0.2) is 31.9 Å². The maximum Gasteiger partial charge on any atom is 0.329 e. The number of aryl methyl sites for hydroxylation is 1. The predicted octanol–water partition coefficient (Wildman–Crippen LogP) is 2.37. The average molecular weight is 424 g/mol. The Morgan fingerprint density at radius 1 is 1.23 bits per heavy atom. The molecule has 1 aliphatic carbocycles. The zero-order valence-corrected chi connectivity index (χ0v) is 18.3. The van der Waals surface area contributed by atoms with Gasteiger partial charge in [-0.05, 0) is 43.0 Å². The monoisotopic (exact) mass is 423 g/mol. The number of benzene rings is 1. The molecule has 0 saturated carbocycles. The quantitative estimate of drug-likeness (QED) is 0.603. The lowest BCUT2D eigenvalue weighted by atomic mass is 10.1. The van der Waals surface area contributed by atoms with E-state index in [4.69, 9.17) is 4.74 Å². The lowest BCUT2D eigenvalue weighted by molar-refractivity contribution is -0.138. The Kier molecular flexibility index (Phi) is 5.76. The Hall–Kier alpha value is -3.22. The molecule has 1 aliphatic rings. The minimum absolute atomic E-state index is 0.0521. The lowest BCUT2D eigenvalue weighted by Gasteiger charge is -2.15. The zero-order chi connectivity index (χ0) is 22.1. The Balaban J connectivity index is 1.88. The standard InChI is InChI=1S/C24H29N3O4/c1-4-7-17(12-23(28)29)27-22-9-6-5-8-21(22)26(24(27)30)15-16-14-25(2)20-11-10-18(31-3)13-19(16)20/h8-11,13-14,17H,4-7,12,15H2,1-3H3,(H,28,29). The van der Waals surface area contributed by atoms with Crippen molar-refractivity contribution in [3.05, 3.63) is 51.1 Å². The van der Waals surface area contributed by atoms with Crippen LogP contribution in [0.1, 0.15) is 50.6 Å². The van der Waals surface area contributed by atoms with Crippen LogP contribution in [0.5, 0.6) is 5.75 Å². The summed E-state index contributed by atoms with van der Waals surface area (Å²) in [7, 11) is 3.64. The van der Waals surface area contributed by atoms with Crippen molar-refractivity contribution in [2.75, 3.05) is 7.11 Å². The summed E-state index contributed by atoms with van der Waals surface area (Å²) in [4.78, 5) is 25.1. The van der Waals surface area contributed by atoms with Gasteiger partial charge in [0.25, 0.3) is 0 Å². The van der Waals surface area contributed by atoms with E-state index in [-0.39, 0.29) is 18.2 Å². The largest absolute Gasteiger partial charge is 0.497 e. The molecule has 2 aromatic heterocycles. The van der Waals surface area contributed by atoms with Crippen molar-refractivity contribution in [2.24, 2.45) is 7.05 Å². The molecule has 0 radical (unpaired) electrons. The smallest absolute Gasteiger partial charge is 0.329 e. The maximum absolute atomic E-state index is 13.6. The molecule has 0 aliphatic heterocycles. The van der Waals surface area contributed by atoms with Crippen LogP contribution in [0.2, 0.25) is 0 Å². The van der Waals surface area contributed by atoms with Gasteiger partial charge in [-0.15, -0.1) is 0 Å². The summed E-state index contributed by atoms with van der Waals surface area (Å²) < 4.78 is 11.0. The number of carboxylic acid groups (broad SMARTS) is 1. The number of rotatable bonds is 8. The first-order chi connectivity index (χ1) is 14.9. The highest BCUT2D eigenvalue weighted by molar-refractivity contribution is 5.85. The second-order valence-electron chi connectivity index (χ2n) is 8.18. The van der Waals surface area contributed by atoms with E-state index >= 15 is 0 Å². The van der Waals surface area contributed by atoms with Gasteiger partial charge in [-0.3, -0.25) is 13.9 Å². The maximum atomic E-state index is 13.6. The molecular weight excluding hydrogens is 394 g/mol. The van der Waals surface area contributed by atoms with Crippen LogP contribution < -0.4 is 21.1 Å². The van der Waals surface area contributed by atoms with Crippen molar-refractivity contribution < 1.29 is 14.6 Å². The molecule has 0 saturated heterocycles. The lowest BCUT2D eigenvalue weighted by Crippen LogP contribution is -2.37. The van der Waals surface area contributed by atoms with Crippen LogP contribution in [0.4, 0.5) is 0 Å². The van der Waals surface area contributed by atoms with Crippen LogP contribution >= 0.6 is 0 Å². The number of methoxy groups -OCH3 is 1. The third kappa shape index (κ3) is 3.80. The molecule has 7 nitrogen and oxygen atoms in total. The molecule has 7 heteroatoms. The van der Waals surface area contributed by atoms with Gasteiger partial charge in [0.15, 0.2) is 0 Å². The number of carboxylic acids is 1. The molecule has 0 fully saturated rings. The summed E-state index contributed by atoms with van der Waals surface area (Å²) in [6.45, 7) is 2.44. The van der Waals surface area contributed by atoms with Gasteiger partial charge in [-0.1, -0.05) is 25.5 Å². The Labute approximate surface area is 180 Å². The average Bonchev–Trinajstić information content (AvgIpc) is 3.21. The summed E-state index contributed by atoms with van der Waals surface area (Å²) in [5.74, 6) is -0.107. The summed E-state index contributed by atoms with van der Waals surface area (Å²) in [6.07, 6.45) is 9.37. The molecule has 1 aromatic carbocycles.